The lowest BCUT2D eigenvalue weighted by Gasteiger charge is -2.37. The monoisotopic (exact) mass is 769 g/mol. The Morgan fingerprint density at radius 1 is 0.367 bits per heavy atom. The van der Waals surface area contributed by atoms with Gasteiger partial charge < -0.3 is 14.4 Å². The highest BCUT2D eigenvalue weighted by atomic mass is 15.2. The van der Waals surface area contributed by atoms with Crippen LogP contribution in [0.1, 0.15) is 35.1 Å². The number of fused-ring (bicyclic) bond motifs is 8. The quantitative estimate of drug-likeness (QED) is 0.160. The minimum Gasteiger partial charge on any atom is -0.310 e. The lowest BCUT2D eigenvalue weighted by molar-refractivity contribution is 0.508. The van der Waals surface area contributed by atoms with E-state index in [0.717, 1.165) is 42.7 Å². The van der Waals surface area contributed by atoms with Gasteiger partial charge in [0.25, 0.3) is 0 Å². The van der Waals surface area contributed by atoms with E-state index in [2.05, 4.69) is 227 Å². The van der Waals surface area contributed by atoms with Gasteiger partial charge in [0, 0.05) is 44.6 Å². The Bertz CT molecular complexity index is 3220. The fourth-order valence-corrected chi connectivity index (χ4v) is 10.8. The molecule has 2 aliphatic carbocycles. The maximum Gasteiger partial charge on any atom is 0.0561 e. The van der Waals surface area contributed by atoms with Crippen molar-refractivity contribution in [1.29, 1.82) is 0 Å². The van der Waals surface area contributed by atoms with Gasteiger partial charge in [-0.25, -0.2) is 0 Å². The van der Waals surface area contributed by atoms with Gasteiger partial charge in [0.2, 0.25) is 0 Å². The van der Waals surface area contributed by atoms with Crippen molar-refractivity contribution in [1.82, 2.24) is 4.57 Å². The Kier molecular flexibility index (Phi) is 8.02. The zero-order chi connectivity index (χ0) is 39.6. The summed E-state index contributed by atoms with van der Waals surface area (Å²) in [6.45, 7) is 0. The Morgan fingerprint density at radius 3 is 1.53 bits per heavy atom. The Morgan fingerprint density at radius 2 is 0.883 bits per heavy atom. The summed E-state index contributed by atoms with van der Waals surface area (Å²) in [7, 11) is 0. The molecule has 0 N–H and O–H groups in total. The van der Waals surface area contributed by atoms with Gasteiger partial charge >= 0.3 is 0 Å². The lowest BCUT2D eigenvalue weighted by Crippen LogP contribution is -2.27. The molecule has 0 amide bonds. The Labute approximate surface area is 351 Å². The number of anilines is 6. The van der Waals surface area contributed by atoms with Crippen LogP contribution in [0.25, 0.3) is 38.3 Å². The second-order valence-corrected chi connectivity index (χ2v) is 16.5. The summed E-state index contributed by atoms with van der Waals surface area (Å²) >= 11 is 0. The van der Waals surface area contributed by atoms with Crippen molar-refractivity contribution in [3.63, 3.8) is 0 Å². The first-order valence-electron chi connectivity index (χ1n) is 21.3. The van der Waals surface area contributed by atoms with Crippen molar-refractivity contribution < 1.29 is 0 Å². The summed E-state index contributed by atoms with van der Waals surface area (Å²) in [4.78, 5) is 5.06. The third kappa shape index (κ3) is 5.36. The molecule has 12 rings (SSSR count). The van der Waals surface area contributed by atoms with Crippen molar-refractivity contribution in [2.24, 2.45) is 0 Å². The van der Waals surface area contributed by atoms with Gasteiger partial charge in [-0.05, 0) is 138 Å². The van der Waals surface area contributed by atoms with E-state index in [4.69, 9.17) is 0 Å². The van der Waals surface area contributed by atoms with Crippen LogP contribution in [0, 0.1) is 0 Å². The number of para-hydroxylation sites is 4. The molecule has 3 heteroatoms. The van der Waals surface area contributed by atoms with Gasteiger partial charge in [-0.15, -0.1) is 0 Å². The van der Waals surface area contributed by atoms with Crippen molar-refractivity contribution in [2.75, 3.05) is 9.80 Å². The van der Waals surface area contributed by atoms with E-state index in [9.17, 15) is 0 Å². The second kappa shape index (κ2) is 13.9. The highest BCUT2D eigenvalue weighted by molar-refractivity contribution is 6.10. The molecule has 0 saturated heterocycles. The number of hydrogen-bond donors (Lipinski definition) is 0. The standard InChI is InChI=1S/C57H43N3/c1-4-20-44(21-5-1)58(47-31-30-40-16-10-11-17-43(40)38-47)52-28-14-18-41-34-36-57(55(41)52)37-35-42-19-15-29-53(56(42)57)59(45-22-6-2-7-23-45)48-32-33-50-49-26-12-13-27-51(49)60(54(50)39-48)46-24-8-3-9-25-46/h1-33,38-39H,34-37H2/t57-/m1/s1. The first kappa shape index (κ1) is 34.7. The predicted molar refractivity (Wildman–Crippen MR) is 252 cm³/mol. The lowest BCUT2D eigenvalue weighted by atomic mass is 9.74. The van der Waals surface area contributed by atoms with Crippen molar-refractivity contribution in [2.45, 2.75) is 31.1 Å². The van der Waals surface area contributed by atoms with Crippen LogP contribution in [-0.4, -0.2) is 4.57 Å². The van der Waals surface area contributed by atoms with Gasteiger partial charge in [-0.2, -0.15) is 0 Å². The summed E-state index contributed by atoms with van der Waals surface area (Å²) < 4.78 is 2.43. The van der Waals surface area contributed by atoms with Crippen molar-refractivity contribution in [3.8, 4) is 5.69 Å². The van der Waals surface area contributed by atoms with Crippen LogP contribution in [0.2, 0.25) is 0 Å². The molecule has 0 fully saturated rings. The Hall–Kier alpha value is -7.36. The fourth-order valence-electron chi connectivity index (χ4n) is 10.8. The van der Waals surface area contributed by atoms with E-state index in [1.54, 1.807) is 0 Å². The van der Waals surface area contributed by atoms with Gasteiger partial charge in [0.1, 0.15) is 0 Å². The normalized spacial score (nSPS) is 15.5. The number of aromatic nitrogens is 1. The molecule has 1 aromatic heterocycles. The number of benzene rings is 9. The zero-order valence-electron chi connectivity index (χ0n) is 33.4. The molecular formula is C57H43N3. The van der Waals surface area contributed by atoms with Crippen LogP contribution in [0.3, 0.4) is 0 Å². The third-order valence-corrected chi connectivity index (χ3v) is 13.3. The number of rotatable bonds is 7. The molecule has 3 nitrogen and oxygen atoms in total. The average Bonchev–Trinajstić information content (AvgIpc) is 4.00. The molecule has 2 aliphatic rings. The highest BCUT2D eigenvalue weighted by Crippen LogP contribution is 2.60. The van der Waals surface area contributed by atoms with E-state index < -0.39 is 0 Å². The maximum atomic E-state index is 2.54. The molecule has 1 atom stereocenters. The predicted octanol–water partition coefficient (Wildman–Crippen LogP) is 15.1. The van der Waals surface area contributed by atoms with E-state index in [1.165, 1.54) is 77.6 Å². The topological polar surface area (TPSA) is 11.4 Å². The van der Waals surface area contributed by atoms with Crippen LogP contribution in [0.5, 0.6) is 0 Å². The molecule has 286 valence electrons. The van der Waals surface area contributed by atoms with E-state index in [0.29, 0.717) is 0 Å². The smallest absolute Gasteiger partial charge is 0.0561 e. The second-order valence-electron chi connectivity index (χ2n) is 16.5. The molecule has 0 aliphatic heterocycles. The van der Waals surface area contributed by atoms with E-state index in [1.807, 2.05) is 0 Å². The molecule has 9 aromatic carbocycles. The van der Waals surface area contributed by atoms with Crippen molar-refractivity contribution in [3.05, 3.63) is 235 Å². The molecule has 0 saturated carbocycles. The SMILES string of the molecule is c1ccc(N(c2ccc3ccccc3c2)c2cccc3c2[C@@]2(CC3)CCc3cccc(N(c4ccccc4)c4ccc5c6ccccc6n(-c6ccccc6)c5c4)c32)cc1. The Balaban J connectivity index is 1.08. The van der Waals surface area contributed by atoms with Gasteiger partial charge in [-0.1, -0.05) is 133 Å². The molecule has 1 heterocycles. The van der Waals surface area contributed by atoms with Crippen LogP contribution in [-0.2, 0) is 18.3 Å². The van der Waals surface area contributed by atoms with E-state index in [-0.39, 0.29) is 5.41 Å². The first-order chi connectivity index (χ1) is 29.7. The molecule has 0 unspecified atom stereocenters. The number of hydrogen-bond acceptors (Lipinski definition) is 2. The first-order valence-corrected chi connectivity index (χ1v) is 21.3. The van der Waals surface area contributed by atoms with Crippen LogP contribution >= 0.6 is 0 Å². The zero-order valence-corrected chi connectivity index (χ0v) is 33.4. The molecule has 10 aromatic rings. The van der Waals surface area contributed by atoms with Crippen LogP contribution in [0.15, 0.2) is 212 Å². The average molecular weight is 770 g/mol. The van der Waals surface area contributed by atoms with Crippen LogP contribution < -0.4 is 9.80 Å². The largest absolute Gasteiger partial charge is 0.310 e. The molecule has 0 bridgehead atoms. The molecule has 1 spiro atoms. The maximum absolute atomic E-state index is 2.54. The fraction of sp³-hybridized carbons (Fsp3) is 0.0877. The van der Waals surface area contributed by atoms with Gasteiger partial charge in [0.15, 0.2) is 0 Å². The van der Waals surface area contributed by atoms with Crippen LogP contribution in [0.4, 0.5) is 34.1 Å². The van der Waals surface area contributed by atoms with Gasteiger partial charge in [0.05, 0.1) is 22.4 Å². The summed E-state index contributed by atoms with van der Waals surface area (Å²) in [5.41, 5.74) is 16.4. The highest BCUT2D eigenvalue weighted by Gasteiger charge is 2.49. The minimum atomic E-state index is -0.169. The van der Waals surface area contributed by atoms with Gasteiger partial charge in [-0.3, -0.25) is 0 Å². The van der Waals surface area contributed by atoms with Crippen molar-refractivity contribution >= 4 is 66.7 Å². The molecule has 0 radical (unpaired) electrons. The summed E-state index contributed by atoms with van der Waals surface area (Å²) in [5.74, 6) is 0. The summed E-state index contributed by atoms with van der Waals surface area (Å²) in [5, 5.41) is 5.01. The molecular weight excluding hydrogens is 727 g/mol. The number of nitrogens with zero attached hydrogens (tertiary/aromatic N) is 3. The minimum absolute atomic E-state index is 0.169. The molecule has 60 heavy (non-hydrogen) atoms. The third-order valence-electron chi connectivity index (χ3n) is 13.3. The number of aryl methyl sites for hydroxylation is 2. The summed E-state index contributed by atoms with van der Waals surface area (Å²) in [6.07, 6.45) is 4.25. The summed E-state index contributed by atoms with van der Waals surface area (Å²) in [6, 6.07) is 78.4. The van der Waals surface area contributed by atoms with E-state index >= 15 is 0 Å².